The fourth-order valence-corrected chi connectivity index (χ4v) is 7.63. The van der Waals surface area contributed by atoms with Crippen LogP contribution in [0.1, 0.15) is 96.2 Å². The lowest BCUT2D eigenvalue weighted by atomic mass is 9.64. The van der Waals surface area contributed by atoms with Gasteiger partial charge in [0.2, 0.25) is 5.95 Å². The summed E-state index contributed by atoms with van der Waals surface area (Å²) in [6.45, 7) is 9.41. The molecule has 11 nitrogen and oxygen atoms in total. The van der Waals surface area contributed by atoms with Crippen molar-refractivity contribution in [2.75, 3.05) is 18.4 Å². The second-order valence-electron chi connectivity index (χ2n) is 15.3. The van der Waals surface area contributed by atoms with Gasteiger partial charge in [0.25, 0.3) is 5.56 Å². The number of rotatable bonds is 3. The van der Waals surface area contributed by atoms with Gasteiger partial charge >= 0.3 is 6.09 Å². The molecule has 2 aliphatic heterocycles. The zero-order chi connectivity index (χ0) is 34.4. The zero-order valence-electron chi connectivity index (χ0n) is 29.0. The Balaban J connectivity index is 1.04. The highest BCUT2D eigenvalue weighted by Gasteiger charge is 2.40. The molecule has 258 valence electrons. The number of hydrogen-bond acceptors (Lipinski definition) is 8. The van der Waals surface area contributed by atoms with Gasteiger partial charge in [0, 0.05) is 25.0 Å². The predicted octanol–water partition coefficient (Wildman–Crippen LogP) is 6.95. The van der Waals surface area contributed by atoms with Crippen molar-refractivity contribution in [3.63, 3.8) is 0 Å². The van der Waals surface area contributed by atoms with Crippen molar-refractivity contribution in [3.8, 4) is 5.82 Å². The Bertz CT molecular complexity index is 1920. The number of carbonyl (C=O) groups excluding carboxylic acids is 1. The summed E-state index contributed by atoms with van der Waals surface area (Å²) < 4.78 is 8.93. The Kier molecular flexibility index (Phi) is 8.59. The molecule has 1 spiro atoms. The second-order valence-corrected chi connectivity index (χ2v) is 15.3. The van der Waals surface area contributed by atoms with Crippen LogP contribution in [0.15, 0.2) is 65.6 Å². The summed E-state index contributed by atoms with van der Waals surface area (Å²) in [5, 5.41) is 14.8. The van der Waals surface area contributed by atoms with Crippen molar-refractivity contribution < 1.29 is 14.6 Å². The molecule has 4 aromatic rings. The van der Waals surface area contributed by atoms with Gasteiger partial charge in [-0.2, -0.15) is 4.98 Å². The third-order valence-corrected chi connectivity index (χ3v) is 10.6. The summed E-state index contributed by atoms with van der Waals surface area (Å²) in [5.74, 6) is 1.41. The standard InChI is InChI=1S/C38H47N7O4/c1-36(2,3)49-35(47)43-23-20-38(21-24-43)18-15-27(16-19-38)26-11-13-28(14-12-26)40-34-39-25-29-32(42-34)45-31-10-8-9-30(41-31)37(4,48)17-6-5-7-22-44(45)33(29)46/h5,7-14,25,27,48H,6,15-24H2,1-4H3,(H,39,40,42)/b7-5-/t37-/m1/s1. The molecule has 0 radical (unpaired) electrons. The number of piperidine rings is 1. The van der Waals surface area contributed by atoms with Crippen molar-refractivity contribution in [1.29, 1.82) is 0 Å². The number of aromatic nitrogens is 5. The summed E-state index contributed by atoms with van der Waals surface area (Å²) in [6, 6.07) is 14.0. The molecular weight excluding hydrogens is 618 g/mol. The Morgan fingerprint density at radius 2 is 1.71 bits per heavy atom. The Morgan fingerprint density at radius 3 is 2.43 bits per heavy atom. The van der Waals surface area contributed by atoms with Crippen LogP contribution in [0, 0.1) is 5.41 Å². The summed E-state index contributed by atoms with van der Waals surface area (Å²) in [7, 11) is 0. The first-order chi connectivity index (χ1) is 23.4. The van der Waals surface area contributed by atoms with Crippen LogP contribution in [-0.4, -0.2) is 59.1 Å². The van der Waals surface area contributed by atoms with Crippen LogP contribution in [0.5, 0.6) is 0 Å². The molecule has 1 saturated carbocycles. The number of nitrogens with one attached hydrogen (secondary N) is 1. The van der Waals surface area contributed by atoms with Gasteiger partial charge in [0.15, 0.2) is 11.5 Å². The lowest BCUT2D eigenvalue weighted by Gasteiger charge is -2.46. The average molecular weight is 666 g/mol. The number of carbonyl (C=O) groups is 1. The van der Waals surface area contributed by atoms with E-state index in [4.69, 9.17) is 14.7 Å². The Hall–Kier alpha value is -4.51. The van der Waals surface area contributed by atoms with E-state index in [2.05, 4.69) is 34.6 Å². The Labute approximate surface area is 287 Å². The number of aliphatic hydroxyl groups is 1. The first kappa shape index (κ1) is 33.0. The van der Waals surface area contributed by atoms with Gasteiger partial charge in [-0.3, -0.25) is 4.79 Å². The van der Waals surface area contributed by atoms with Gasteiger partial charge in [0.1, 0.15) is 16.6 Å². The third kappa shape index (κ3) is 6.86. The first-order valence-corrected chi connectivity index (χ1v) is 17.6. The van der Waals surface area contributed by atoms with Crippen LogP contribution in [0.25, 0.3) is 16.9 Å². The number of benzene rings is 1. The first-order valence-electron chi connectivity index (χ1n) is 17.6. The SMILES string of the molecule is CC(C)(C)OC(=O)N1CCC2(CCC(c3ccc(Nc4ncc5c(=O)n6n(c5n4)-c4cccc(n4)[C@](C)(O)CC/C=C\C6)cc3)CC2)CC1. The van der Waals surface area contributed by atoms with Crippen LogP contribution < -0.4 is 10.9 Å². The zero-order valence-corrected chi connectivity index (χ0v) is 29.0. The van der Waals surface area contributed by atoms with E-state index >= 15 is 0 Å². The number of pyridine rings is 1. The molecule has 2 bridgehead atoms. The molecule has 49 heavy (non-hydrogen) atoms. The van der Waals surface area contributed by atoms with Crippen molar-refractivity contribution >= 4 is 28.8 Å². The number of amides is 1. The number of anilines is 2. The molecule has 1 amide bonds. The summed E-state index contributed by atoms with van der Waals surface area (Å²) in [6.07, 6.45) is 13.2. The smallest absolute Gasteiger partial charge is 0.410 e. The molecular formula is C38H47N7O4. The molecule has 1 atom stereocenters. The number of allylic oxidation sites excluding steroid dienone is 2. The second kappa shape index (κ2) is 12.7. The summed E-state index contributed by atoms with van der Waals surface area (Å²) in [4.78, 5) is 42.0. The predicted molar refractivity (Wildman–Crippen MR) is 189 cm³/mol. The van der Waals surface area contributed by atoms with Crippen molar-refractivity contribution in [3.05, 3.63) is 82.4 Å². The van der Waals surface area contributed by atoms with Crippen LogP contribution in [0.2, 0.25) is 0 Å². The molecule has 11 heteroatoms. The maximum atomic E-state index is 13.5. The minimum Gasteiger partial charge on any atom is -0.444 e. The van der Waals surface area contributed by atoms with Gasteiger partial charge in [-0.15, -0.1) is 0 Å². The van der Waals surface area contributed by atoms with E-state index in [1.54, 1.807) is 22.5 Å². The molecule has 2 fully saturated rings. The van der Waals surface area contributed by atoms with E-state index in [1.807, 2.05) is 56.0 Å². The van der Waals surface area contributed by atoms with Crippen molar-refractivity contribution in [2.45, 2.75) is 103 Å². The number of fused-ring (bicyclic) bond motifs is 6. The highest BCUT2D eigenvalue weighted by atomic mass is 16.6. The molecule has 3 aliphatic rings. The lowest BCUT2D eigenvalue weighted by molar-refractivity contribution is 0.00345. The normalized spacial score (nSPS) is 21.9. The average Bonchev–Trinajstić information content (AvgIpc) is 3.34. The molecule has 1 aromatic carbocycles. The minimum absolute atomic E-state index is 0.191. The van der Waals surface area contributed by atoms with Crippen LogP contribution in [0.4, 0.5) is 16.4 Å². The van der Waals surface area contributed by atoms with Gasteiger partial charge in [-0.25, -0.2) is 24.1 Å². The molecule has 5 heterocycles. The molecule has 3 aromatic heterocycles. The fraction of sp³-hybridized carbons (Fsp3) is 0.500. The fourth-order valence-electron chi connectivity index (χ4n) is 7.63. The molecule has 0 unspecified atom stereocenters. The highest BCUT2D eigenvalue weighted by Crippen LogP contribution is 2.49. The quantitative estimate of drug-likeness (QED) is 0.225. The number of nitrogens with zero attached hydrogens (tertiary/aromatic N) is 6. The minimum atomic E-state index is -1.10. The van der Waals surface area contributed by atoms with Crippen LogP contribution in [-0.2, 0) is 16.9 Å². The lowest BCUT2D eigenvalue weighted by Crippen LogP contribution is -2.46. The third-order valence-electron chi connectivity index (χ3n) is 10.6. The van der Waals surface area contributed by atoms with Crippen LogP contribution >= 0.6 is 0 Å². The summed E-state index contributed by atoms with van der Waals surface area (Å²) in [5.41, 5.74) is 1.75. The van der Waals surface area contributed by atoms with E-state index in [1.165, 1.54) is 18.4 Å². The largest absolute Gasteiger partial charge is 0.444 e. The molecule has 1 saturated heterocycles. The number of likely N-dealkylation sites (tertiary alicyclic amines) is 1. The van der Waals surface area contributed by atoms with E-state index < -0.39 is 11.2 Å². The van der Waals surface area contributed by atoms with Gasteiger partial charge in [0.05, 0.1) is 12.2 Å². The summed E-state index contributed by atoms with van der Waals surface area (Å²) >= 11 is 0. The van der Waals surface area contributed by atoms with Crippen molar-refractivity contribution in [2.24, 2.45) is 5.41 Å². The monoisotopic (exact) mass is 665 g/mol. The number of hydrogen-bond donors (Lipinski definition) is 2. The highest BCUT2D eigenvalue weighted by molar-refractivity contribution is 5.77. The molecule has 1 aliphatic carbocycles. The molecule has 2 N–H and O–H groups in total. The van der Waals surface area contributed by atoms with Crippen molar-refractivity contribution in [1.82, 2.24) is 29.2 Å². The van der Waals surface area contributed by atoms with E-state index in [-0.39, 0.29) is 11.7 Å². The van der Waals surface area contributed by atoms with Gasteiger partial charge in [-0.05, 0) is 120 Å². The van der Waals surface area contributed by atoms with Gasteiger partial charge < -0.3 is 20.1 Å². The van der Waals surface area contributed by atoms with Gasteiger partial charge in [-0.1, -0.05) is 30.4 Å². The molecule has 7 rings (SSSR count). The maximum Gasteiger partial charge on any atom is 0.410 e. The van der Waals surface area contributed by atoms with E-state index in [9.17, 15) is 14.7 Å². The Morgan fingerprint density at radius 1 is 0.980 bits per heavy atom. The maximum absolute atomic E-state index is 13.5. The van der Waals surface area contributed by atoms with E-state index in [0.717, 1.165) is 44.5 Å². The van der Waals surface area contributed by atoms with Crippen LogP contribution in [0.3, 0.4) is 0 Å². The number of ether oxygens (including phenoxy) is 1. The van der Waals surface area contributed by atoms with E-state index in [0.29, 0.717) is 59.2 Å². The topological polar surface area (TPSA) is 127 Å².